The van der Waals surface area contributed by atoms with Gasteiger partial charge in [-0.2, -0.15) is 0 Å². The fourth-order valence-electron chi connectivity index (χ4n) is 3.59. The van der Waals surface area contributed by atoms with E-state index in [9.17, 15) is 9.59 Å². The minimum absolute atomic E-state index is 0.0401. The Bertz CT molecular complexity index is 632. The largest absolute Gasteiger partial charge is 0.466 e. The van der Waals surface area contributed by atoms with Crippen LogP contribution in [0.5, 0.6) is 0 Å². The van der Waals surface area contributed by atoms with Gasteiger partial charge in [0.05, 0.1) is 25.7 Å². The number of benzene rings is 1. The molecule has 6 nitrogen and oxygen atoms in total. The van der Waals surface area contributed by atoms with E-state index in [1.807, 2.05) is 49.5 Å². The summed E-state index contributed by atoms with van der Waals surface area (Å²) < 4.78 is 5.14. The van der Waals surface area contributed by atoms with Crippen LogP contribution >= 0.6 is 0 Å². The molecule has 2 heterocycles. The highest BCUT2D eigenvalue weighted by atomic mass is 16.5. The Morgan fingerprint density at radius 1 is 1.32 bits per heavy atom. The first kappa shape index (κ1) is 17.5. The monoisotopic (exact) mass is 344 g/mol. The Labute approximate surface area is 148 Å². The second kappa shape index (κ2) is 8.16. The number of quaternary nitrogens is 1. The highest BCUT2D eigenvalue weighted by Crippen LogP contribution is 2.23. The molecule has 0 aliphatic carbocycles. The zero-order valence-corrected chi connectivity index (χ0v) is 14.6. The molecule has 1 saturated heterocycles. The topological polar surface area (TPSA) is 63.1 Å². The average molecular weight is 344 g/mol. The summed E-state index contributed by atoms with van der Waals surface area (Å²) in [5.41, 5.74) is 4.13. The number of likely N-dealkylation sites (tertiary alicyclic amines) is 1. The summed E-state index contributed by atoms with van der Waals surface area (Å²) in [6.45, 7) is 4.20. The van der Waals surface area contributed by atoms with Crippen LogP contribution < -0.4 is 10.3 Å². The first-order valence-electron chi connectivity index (χ1n) is 8.99. The predicted octanol–water partition coefficient (Wildman–Crippen LogP) is 0.446. The maximum atomic E-state index is 12.8. The van der Waals surface area contributed by atoms with Gasteiger partial charge in [-0.3, -0.25) is 9.59 Å². The van der Waals surface area contributed by atoms with Gasteiger partial charge in [-0.15, -0.1) is 0 Å². The Balaban J connectivity index is 1.59. The van der Waals surface area contributed by atoms with Crippen LogP contribution in [-0.2, 0) is 14.3 Å². The zero-order chi connectivity index (χ0) is 17.6. The smallest absolute Gasteiger partial charge is 0.314 e. The van der Waals surface area contributed by atoms with E-state index in [4.69, 9.17) is 4.74 Å². The minimum Gasteiger partial charge on any atom is -0.466 e. The van der Waals surface area contributed by atoms with Crippen molar-refractivity contribution in [3.8, 4) is 0 Å². The van der Waals surface area contributed by atoms with Crippen molar-refractivity contribution in [3.63, 3.8) is 0 Å². The fourth-order valence-corrected chi connectivity index (χ4v) is 3.59. The molecule has 0 aromatic heterocycles. The van der Waals surface area contributed by atoms with Gasteiger partial charge in [0.25, 0.3) is 5.91 Å². The number of esters is 1. The molecule has 0 bridgehead atoms. The molecule has 2 aliphatic heterocycles. The molecule has 25 heavy (non-hydrogen) atoms. The van der Waals surface area contributed by atoms with Crippen molar-refractivity contribution in [3.05, 3.63) is 48.2 Å². The lowest BCUT2D eigenvalue weighted by atomic mass is 9.98. The highest BCUT2D eigenvalue weighted by Gasteiger charge is 2.34. The van der Waals surface area contributed by atoms with Gasteiger partial charge in [-0.25, -0.2) is 5.01 Å². The van der Waals surface area contributed by atoms with Gasteiger partial charge in [-0.05, 0) is 31.4 Å². The molecule has 1 amide bonds. The third kappa shape index (κ3) is 4.20. The molecule has 3 rings (SSSR count). The van der Waals surface area contributed by atoms with Gasteiger partial charge in [-0.1, -0.05) is 30.3 Å². The lowest BCUT2D eigenvalue weighted by Crippen LogP contribution is -3.14. The van der Waals surface area contributed by atoms with E-state index in [1.165, 1.54) is 0 Å². The summed E-state index contributed by atoms with van der Waals surface area (Å²) >= 11 is 0. The van der Waals surface area contributed by atoms with E-state index in [2.05, 4.69) is 5.43 Å². The van der Waals surface area contributed by atoms with Gasteiger partial charge in [0.2, 0.25) is 0 Å². The molecule has 0 saturated carbocycles. The fraction of sp³-hybridized carbons (Fsp3) is 0.474. The van der Waals surface area contributed by atoms with Crippen molar-refractivity contribution in [2.24, 2.45) is 5.92 Å². The summed E-state index contributed by atoms with van der Waals surface area (Å²) in [6.07, 6.45) is 5.59. The standard InChI is InChI=1S/C19H25N3O3/c1-2-25-19(24)16-9-6-12-21(13-16)14-18(23)22-17(10-11-20-22)15-7-4-3-5-8-15/h3-5,7-8,10-11,16-17,20H,2,6,9,12-14H2,1H3/p+1. The zero-order valence-electron chi connectivity index (χ0n) is 14.6. The van der Waals surface area contributed by atoms with E-state index in [0.717, 1.165) is 29.8 Å². The van der Waals surface area contributed by atoms with Crippen molar-refractivity contribution in [2.75, 3.05) is 26.2 Å². The summed E-state index contributed by atoms with van der Waals surface area (Å²) in [4.78, 5) is 25.9. The van der Waals surface area contributed by atoms with E-state index in [1.54, 1.807) is 5.01 Å². The molecule has 6 heteroatoms. The number of carbonyl (C=O) groups excluding carboxylic acids is 2. The molecule has 0 radical (unpaired) electrons. The van der Waals surface area contributed by atoms with Crippen LogP contribution in [0.25, 0.3) is 0 Å². The first-order chi connectivity index (χ1) is 12.2. The third-order valence-electron chi connectivity index (χ3n) is 4.82. The summed E-state index contributed by atoms with van der Waals surface area (Å²) in [5.74, 6) is -0.181. The maximum Gasteiger partial charge on any atom is 0.314 e. The minimum atomic E-state index is -0.129. The quantitative estimate of drug-likeness (QED) is 0.761. The van der Waals surface area contributed by atoms with Crippen LogP contribution in [0.2, 0.25) is 0 Å². The number of nitrogens with zero attached hydrogens (tertiary/aromatic N) is 1. The number of hydrogen-bond acceptors (Lipinski definition) is 4. The molecular formula is C19H26N3O3+. The molecule has 134 valence electrons. The van der Waals surface area contributed by atoms with Crippen LogP contribution in [0.3, 0.4) is 0 Å². The normalized spacial score (nSPS) is 25.5. The van der Waals surface area contributed by atoms with Crippen molar-refractivity contribution in [1.82, 2.24) is 10.4 Å². The molecule has 2 N–H and O–H groups in total. The van der Waals surface area contributed by atoms with E-state index in [-0.39, 0.29) is 23.8 Å². The Morgan fingerprint density at radius 2 is 2.12 bits per heavy atom. The molecular weight excluding hydrogens is 318 g/mol. The number of hydrogen-bond donors (Lipinski definition) is 2. The van der Waals surface area contributed by atoms with E-state index >= 15 is 0 Å². The Morgan fingerprint density at radius 3 is 2.88 bits per heavy atom. The number of amides is 1. The number of piperidine rings is 1. The number of nitrogens with one attached hydrogen (secondary N) is 2. The van der Waals surface area contributed by atoms with Crippen LogP contribution in [0.4, 0.5) is 0 Å². The lowest BCUT2D eigenvalue weighted by molar-refractivity contribution is -0.900. The van der Waals surface area contributed by atoms with Crippen LogP contribution in [0, 0.1) is 5.92 Å². The summed E-state index contributed by atoms with van der Waals surface area (Å²) in [6, 6.07) is 9.88. The van der Waals surface area contributed by atoms with Crippen molar-refractivity contribution >= 4 is 11.9 Å². The third-order valence-corrected chi connectivity index (χ3v) is 4.82. The van der Waals surface area contributed by atoms with Crippen LogP contribution in [0.1, 0.15) is 31.4 Å². The molecule has 2 aliphatic rings. The predicted molar refractivity (Wildman–Crippen MR) is 93.2 cm³/mol. The van der Waals surface area contributed by atoms with Crippen LogP contribution in [-0.4, -0.2) is 43.1 Å². The van der Waals surface area contributed by atoms with E-state index < -0.39 is 0 Å². The molecule has 3 unspecified atom stereocenters. The second-order valence-corrected chi connectivity index (χ2v) is 6.58. The van der Waals surface area contributed by atoms with Gasteiger partial charge in [0.1, 0.15) is 5.92 Å². The SMILES string of the molecule is CCOC(=O)C1CCC[NH+](CC(=O)N2NC=CC2c2ccccc2)C1. The Hall–Kier alpha value is -2.34. The number of ether oxygens (including phenoxy) is 1. The van der Waals surface area contributed by atoms with Gasteiger partial charge >= 0.3 is 5.97 Å². The summed E-state index contributed by atoms with van der Waals surface area (Å²) in [7, 11) is 0. The van der Waals surface area contributed by atoms with Gasteiger partial charge in [0, 0.05) is 6.20 Å². The van der Waals surface area contributed by atoms with Crippen molar-refractivity contribution in [2.45, 2.75) is 25.8 Å². The molecule has 3 atom stereocenters. The Kier molecular flexibility index (Phi) is 5.71. The summed E-state index contributed by atoms with van der Waals surface area (Å²) in [5, 5.41) is 1.68. The molecule has 1 aromatic rings. The van der Waals surface area contributed by atoms with E-state index in [0.29, 0.717) is 19.7 Å². The number of rotatable bonds is 5. The first-order valence-corrected chi connectivity index (χ1v) is 8.99. The molecule has 1 aromatic carbocycles. The second-order valence-electron chi connectivity index (χ2n) is 6.58. The highest BCUT2D eigenvalue weighted by molar-refractivity contribution is 5.78. The van der Waals surface area contributed by atoms with Crippen LogP contribution in [0.15, 0.2) is 42.6 Å². The molecule has 0 spiro atoms. The van der Waals surface area contributed by atoms with Crippen molar-refractivity contribution in [1.29, 1.82) is 0 Å². The van der Waals surface area contributed by atoms with Crippen molar-refractivity contribution < 1.29 is 19.2 Å². The van der Waals surface area contributed by atoms with Gasteiger partial charge in [0.15, 0.2) is 6.54 Å². The lowest BCUT2D eigenvalue weighted by Gasteiger charge is -2.31. The maximum absolute atomic E-state index is 12.8. The number of carbonyl (C=O) groups is 2. The van der Waals surface area contributed by atoms with Gasteiger partial charge < -0.3 is 15.1 Å². The average Bonchev–Trinajstić information content (AvgIpc) is 3.13. The number of hydrazine groups is 1. The molecule has 1 fully saturated rings.